The van der Waals surface area contributed by atoms with Gasteiger partial charge in [0.05, 0.1) is 12.1 Å². The van der Waals surface area contributed by atoms with Crippen LogP contribution >= 0.6 is 11.6 Å². The van der Waals surface area contributed by atoms with Crippen LogP contribution in [0.2, 0.25) is 5.02 Å². The fraction of sp³-hybridized carbons (Fsp3) is 0.308. The van der Waals surface area contributed by atoms with Crippen molar-refractivity contribution < 1.29 is 59.0 Å². The average molecular weight is 644 g/mol. The minimum Gasteiger partial charge on any atom is -0.361 e. The van der Waals surface area contributed by atoms with Crippen LogP contribution in [0.15, 0.2) is 54.6 Å². The van der Waals surface area contributed by atoms with Gasteiger partial charge in [0, 0.05) is 22.6 Å². The Morgan fingerprint density at radius 2 is 1.58 bits per heavy atom. The highest BCUT2D eigenvalue weighted by Crippen LogP contribution is 2.53. The number of fused-ring (bicyclic) bond motifs is 1. The van der Waals surface area contributed by atoms with E-state index in [0.717, 1.165) is 12.1 Å². The van der Waals surface area contributed by atoms with Gasteiger partial charge in [-0.2, -0.15) is 45.0 Å². The quantitative estimate of drug-likeness (QED) is 0.268. The van der Waals surface area contributed by atoms with Crippen molar-refractivity contribution in [2.24, 2.45) is 0 Å². The molecule has 1 fully saturated rings. The van der Waals surface area contributed by atoms with Gasteiger partial charge in [-0.1, -0.05) is 41.9 Å². The van der Waals surface area contributed by atoms with Gasteiger partial charge < -0.3 is 15.7 Å². The van der Waals surface area contributed by atoms with Crippen LogP contribution in [0, 0.1) is 0 Å². The number of hydroxylamine groups is 1. The molecular weight excluding hydrogens is 625 g/mol. The zero-order valence-corrected chi connectivity index (χ0v) is 22.0. The van der Waals surface area contributed by atoms with Gasteiger partial charge in [-0.05, 0) is 40.6 Å². The van der Waals surface area contributed by atoms with Crippen molar-refractivity contribution in [2.45, 2.75) is 36.3 Å². The summed E-state index contributed by atoms with van der Waals surface area (Å²) in [5.74, 6) is -4.90. The fourth-order valence-corrected chi connectivity index (χ4v) is 4.83. The molecule has 0 aliphatic carbocycles. The maximum absolute atomic E-state index is 14.5. The van der Waals surface area contributed by atoms with Gasteiger partial charge in [0.15, 0.2) is 5.54 Å². The number of amides is 2. The van der Waals surface area contributed by atoms with Crippen LogP contribution in [0.3, 0.4) is 0 Å². The molecule has 3 aromatic carbocycles. The van der Waals surface area contributed by atoms with Crippen molar-refractivity contribution in [1.29, 1.82) is 0 Å². The second-order valence-electron chi connectivity index (χ2n) is 9.58. The Labute approximate surface area is 240 Å². The van der Waals surface area contributed by atoms with Gasteiger partial charge in [-0.3, -0.25) is 14.4 Å². The standard InChI is InChI=1S/C26H19ClF9N3O4/c27-15-8-13(7-14(9-15)25(31,32)33)22(26(34,35)36)11-23(42,43-39-22)19-6-5-18(16-3-1-2-4-17(16)19)21(41)37-10-20(40)38-12-24(28,29)30/h1-9,39,42H,10-12H2,(H,37,41)(H,38,40). The molecule has 0 bridgehead atoms. The van der Waals surface area contributed by atoms with E-state index in [-0.39, 0.29) is 28.0 Å². The molecule has 2 amide bonds. The van der Waals surface area contributed by atoms with Crippen LogP contribution in [0.1, 0.15) is 33.5 Å². The number of alkyl halides is 9. The van der Waals surface area contributed by atoms with E-state index in [1.165, 1.54) is 24.3 Å². The molecule has 0 radical (unpaired) electrons. The van der Waals surface area contributed by atoms with Crippen LogP contribution in [0.25, 0.3) is 10.8 Å². The van der Waals surface area contributed by atoms with E-state index >= 15 is 0 Å². The van der Waals surface area contributed by atoms with Crippen LogP contribution in [0.5, 0.6) is 0 Å². The van der Waals surface area contributed by atoms with Crippen molar-refractivity contribution in [3.63, 3.8) is 0 Å². The number of carbonyl (C=O) groups is 2. The van der Waals surface area contributed by atoms with E-state index in [1.807, 2.05) is 0 Å². The summed E-state index contributed by atoms with van der Waals surface area (Å²) in [5.41, 5.74) is -4.62. The van der Waals surface area contributed by atoms with Crippen LogP contribution in [-0.4, -0.2) is 42.4 Å². The van der Waals surface area contributed by atoms with Crippen molar-refractivity contribution >= 4 is 34.2 Å². The van der Waals surface area contributed by atoms with E-state index in [2.05, 4.69) is 5.32 Å². The Morgan fingerprint density at radius 3 is 2.19 bits per heavy atom. The molecule has 43 heavy (non-hydrogen) atoms. The largest absolute Gasteiger partial charge is 0.416 e. The molecule has 3 aromatic rings. The van der Waals surface area contributed by atoms with Crippen molar-refractivity contribution in [3.05, 3.63) is 81.9 Å². The smallest absolute Gasteiger partial charge is 0.361 e. The molecule has 7 nitrogen and oxygen atoms in total. The summed E-state index contributed by atoms with van der Waals surface area (Å²) in [5, 5.41) is 14.4. The highest BCUT2D eigenvalue weighted by atomic mass is 35.5. The predicted molar refractivity (Wildman–Crippen MR) is 132 cm³/mol. The molecule has 232 valence electrons. The number of carbonyl (C=O) groups excluding carboxylic acids is 2. The Kier molecular flexibility index (Phi) is 8.38. The lowest BCUT2D eigenvalue weighted by Gasteiger charge is -2.32. The maximum atomic E-state index is 14.5. The molecule has 2 unspecified atom stereocenters. The number of aliphatic hydroxyl groups is 1. The van der Waals surface area contributed by atoms with Gasteiger partial charge >= 0.3 is 18.5 Å². The third-order valence-electron chi connectivity index (χ3n) is 6.59. The van der Waals surface area contributed by atoms with Gasteiger partial charge in [0.25, 0.3) is 5.91 Å². The Bertz CT molecular complexity index is 1560. The molecule has 4 N–H and O–H groups in total. The zero-order chi connectivity index (χ0) is 32.0. The second-order valence-corrected chi connectivity index (χ2v) is 10.0. The van der Waals surface area contributed by atoms with Gasteiger partial charge in [-0.25, -0.2) is 0 Å². The van der Waals surface area contributed by atoms with Gasteiger partial charge in [-0.15, -0.1) is 0 Å². The normalized spacial score (nSPS) is 21.2. The summed E-state index contributed by atoms with van der Waals surface area (Å²) in [6, 6.07) is 8.93. The summed E-state index contributed by atoms with van der Waals surface area (Å²) in [6.45, 7) is -2.46. The number of benzene rings is 3. The highest BCUT2D eigenvalue weighted by molar-refractivity contribution is 6.30. The monoisotopic (exact) mass is 643 g/mol. The molecule has 1 saturated heterocycles. The maximum Gasteiger partial charge on any atom is 0.416 e. The van der Waals surface area contributed by atoms with Gasteiger partial charge in [0.2, 0.25) is 11.7 Å². The first-order valence-electron chi connectivity index (χ1n) is 12.0. The molecule has 1 aliphatic rings. The zero-order valence-electron chi connectivity index (χ0n) is 21.3. The highest BCUT2D eigenvalue weighted by Gasteiger charge is 2.65. The van der Waals surface area contributed by atoms with Crippen molar-refractivity contribution in [3.8, 4) is 0 Å². The first-order chi connectivity index (χ1) is 19.8. The molecule has 2 atom stereocenters. The Morgan fingerprint density at radius 1 is 0.930 bits per heavy atom. The first-order valence-corrected chi connectivity index (χ1v) is 12.4. The molecule has 1 aliphatic heterocycles. The number of halogens is 10. The summed E-state index contributed by atoms with van der Waals surface area (Å²) < 4.78 is 121. The third kappa shape index (κ3) is 6.66. The second kappa shape index (κ2) is 11.2. The molecule has 4 rings (SSSR count). The summed E-state index contributed by atoms with van der Waals surface area (Å²) in [4.78, 5) is 29.5. The number of hydrogen-bond donors (Lipinski definition) is 4. The molecule has 0 spiro atoms. The third-order valence-corrected chi connectivity index (χ3v) is 6.80. The SMILES string of the molecule is O=C(CNC(=O)c1ccc(C2(O)CC(c3cc(Cl)cc(C(F)(F)F)c3)(C(F)(F)F)NO2)c2ccccc12)NCC(F)(F)F. The first kappa shape index (κ1) is 32.3. The van der Waals surface area contributed by atoms with Crippen LogP contribution in [0.4, 0.5) is 39.5 Å². The van der Waals surface area contributed by atoms with E-state index < -0.39 is 77.3 Å². The summed E-state index contributed by atoms with van der Waals surface area (Å²) in [7, 11) is 0. The summed E-state index contributed by atoms with van der Waals surface area (Å²) in [6.07, 6.45) is -16.4. The van der Waals surface area contributed by atoms with E-state index in [0.29, 0.717) is 12.1 Å². The molecule has 17 heteroatoms. The molecule has 1 heterocycles. The summed E-state index contributed by atoms with van der Waals surface area (Å²) >= 11 is 5.73. The Balaban J connectivity index is 1.69. The van der Waals surface area contributed by atoms with Gasteiger partial charge in [0.1, 0.15) is 6.54 Å². The topological polar surface area (TPSA) is 99.7 Å². The predicted octanol–water partition coefficient (Wildman–Crippen LogP) is 5.45. The molecule has 0 saturated carbocycles. The number of hydrogen-bond acceptors (Lipinski definition) is 5. The van der Waals surface area contributed by atoms with E-state index in [9.17, 15) is 54.2 Å². The average Bonchev–Trinajstić information content (AvgIpc) is 3.28. The van der Waals surface area contributed by atoms with E-state index in [4.69, 9.17) is 16.4 Å². The van der Waals surface area contributed by atoms with Crippen LogP contribution in [-0.2, 0) is 27.1 Å². The van der Waals surface area contributed by atoms with Crippen LogP contribution < -0.4 is 16.1 Å². The lowest BCUT2D eigenvalue weighted by molar-refractivity contribution is -0.226. The van der Waals surface area contributed by atoms with Crippen molar-refractivity contribution in [1.82, 2.24) is 16.1 Å². The van der Waals surface area contributed by atoms with Crippen molar-refractivity contribution in [2.75, 3.05) is 13.1 Å². The lowest BCUT2D eigenvalue weighted by atomic mass is 9.81. The number of nitrogens with one attached hydrogen (secondary N) is 3. The lowest BCUT2D eigenvalue weighted by Crippen LogP contribution is -2.50. The minimum absolute atomic E-state index is 0.0129. The van der Waals surface area contributed by atoms with E-state index in [1.54, 1.807) is 10.8 Å². The Hall–Kier alpha value is -3.60. The molecular formula is C26H19ClF9N3O4. The molecule has 0 aromatic heterocycles. The fourth-order valence-electron chi connectivity index (χ4n) is 4.59. The minimum atomic E-state index is -5.33. The number of rotatable bonds is 6.